The Morgan fingerprint density at radius 3 is 2.31 bits per heavy atom. The molecule has 0 aliphatic heterocycles. The Hall–Kier alpha value is -4.12. The van der Waals surface area contributed by atoms with Crippen molar-refractivity contribution in [3.8, 4) is 11.5 Å². The minimum absolute atomic E-state index is 0.0345. The molecule has 0 aromatic heterocycles. The molecule has 0 radical (unpaired) electrons. The van der Waals surface area contributed by atoms with Crippen LogP contribution >= 0.6 is 0 Å². The van der Waals surface area contributed by atoms with E-state index in [0.717, 1.165) is 17.2 Å². The van der Waals surface area contributed by atoms with E-state index < -0.39 is 20.6 Å². The molecular formula is C24H26N4O6S. The van der Waals surface area contributed by atoms with Gasteiger partial charge in [0.25, 0.3) is 15.7 Å². The lowest BCUT2D eigenvalue weighted by Crippen LogP contribution is -2.14. The molecule has 0 heterocycles. The van der Waals surface area contributed by atoms with Crippen molar-refractivity contribution in [2.24, 2.45) is 5.10 Å². The Morgan fingerprint density at radius 1 is 0.971 bits per heavy atom. The van der Waals surface area contributed by atoms with Crippen LogP contribution in [0.15, 0.2) is 64.6 Å². The summed E-state index contributed by atoms with van der Waals surface area (Å²) in [6.07, 6.45) is 0. The van der Waals surface area contributed by atoms with Crippen molar-refractivity contribution in [3.63, 3.8) is 0 Å². The van der Waals surface area contributed by atoms with Gasteiger partial charge in [0, 0.05) is 17.7 Å². The van der Waals surface area contributed by atoms with E-state index in [4.69, 9.17) is 9.47 Å². The van der Waals surface area contributed by atoms with Gasteiger partial charge in [0.05, 0.1) is 35.4 Å². The standard InChI is InChI=1S/C24H26N4O6S/c1-15-6-10-21(16(2)12-15)27-35(31,32)19-8-11-22(23(14-19)28(29)30)26-25-17(3)20-9-7-18(33-4)13-24(20)34-5/h6-14,26-27H,1-5H3/b25-17-. The minimum Gasteiger partial charge on any atom is -0.497 e. The van der Waals surface area contributed by atoms with E-state index in [0.29, 0.717) is 28.5 Å². The first-order chi connectivity index (χ1) is 16.6. The van der Waals surface area contributed by atoms with Crippen LogP contribution in [0.2, 0.25) is 0 Å². The van der Waals surface area contributed by atoms with E-state index in [1.165, 1.54) is 26.4 Å². The van der Waals surface area contributed by atoms with Gasteiger partial charge in [-0.25, -0.2) is 8.42 Å². The largest absolute Gasteiger partial charge is 0.497 e. The van der Waals surface area contributed by atoms with Crippen LogP contribution in [0, 0.1) is 24.0 Å². The number of hydrogen-bond donors (Lipinski definition) is 2. The van der Waals surface area contributed by atoms with Gasteiger partial charge in [-0.05, 0) is 56.7 Å². The minimum atomic E-state index is -4.06. The molecule has 35 heavy (non-hydrogen) atoms. The molecule has 3 rings (SSSR count). The average molecular weight is 499 g/mol. The second-order valence-electron chi connectivity index (χ2n) is 7.74. The van der Waals surface area contributed by atoms with E-state index in [-0.39, 0.29) is 10.6 Å². The van der Waals surface area contributed by atoms with Crippen LogP contribution in [0.3, 0.4) is 0 Å². The van der Waals surface area contributed by atoms with Crippen molar-refractivity contribution in [1.82, 2.24) is 0 Å². The predicted octanol–water partition coefficient (Wildman–Crippen LogP) is 4.87. The number of nitro benzene ring substituents is 1. The van der Waals surface area contributed by atoms with Crippen LogP contribution in [0.4, 0.5) is 17.1 Å². The second-order valence-corrected chi connectivity index (χ2v) is 9.42. The van der Waals surface area contributed by atoms with Gasteiger partial charge >= 0.3 is 0 Å². The van der Waals surface area contributed by atoms with Gasteiger partial charge in [0.1, 0.15) is 17.2 Å². The summed E-state index contributed by atoms with van der Waals surface area (Å²) in [5.41, 5.74) is 5.52. The van der Waals surface area contributed by atoms with Gasteiger partial charge < -0.3 is 9.47 Å². The molecule has 0 aliphatic rings. The maximum Gasteiger partial charge on any atom is 0.295 e. The van der Waals surface area contributed by atoms with Crippen LogP contribution in [0.25, 0.3) is 0 Å². The molecule has 0 unspecified atom stereocenters. The topological polar surface area (TPSA) is 132 Å². The zero-order valence-corrected chi connectivity index (χ0v) is 20.8. The van der Waals surface area contributed by atoms with Crippen LogP contribution in [0.1, 0.15) is 23.6 Å². The molecule has 0 saturated heterocycles. The second kappa shape index (κ2) is 10.4. The Labute approximate surface area is 203 Å². The first-order valence-electron chi connectivity index (χ1n) is 10.5. The monoisotopic (exact) mass is 498 g/mol. The molecule has 0 saturated carbocycles. The summed E-state index contributed by atoms with van der Waals surface area (Å²) in [5, 5.41) is 15.9. The summed E-state index contributed by atoms with van der Waals surface area (Å²) in [6.45, 7) is 5.38. The summed E-state index contributed by atoms with van der Waals surface area (Å²) >= 11 is 0. The highest BCUT2D eigenvalue weighted by molar-refractivity contribution is 7.92. The summed E-state index contributed by atoms with van der Waals surface area (Å²) in [5.74, 6) is 1.12. The number of ether oxygens (including phenoxy) is 2. The molecule has 184 valence electrons. The lowest BCUT2D eigenvalue weighted by molar-refractivity contribution is -0.384. The van der Waals surface area contributed by atoms with Crippen LogP contribution in [-0.4, -0.2) is 33.3 Å². The number of nitrogens with one attached hydrogen (secondary N) is 2. The molecule has 0 amide bonds. The average Bonchev–Trinajstić information content (AvgIpc) is 2.83. The number of nitrogens with zero attached hydrogens (tertiary/aromatic N) is 2. The maximum atomic E-state index is 12.9. The normalized spacial score (nSPS) is 11.6. The lowest BCUT2D eigenvalue weighted by Gasteiger charge is -2.12. The lowest BCUT2D eigenvalue weighted by atomic mass is 10.1. The molecular weight excluding hydrogens is 472 g/mol. The third kappa shape index (κ3) is 5.87. The fourth-order valence-electron chi connectivity index (χ4n) is 3.36. The number of aryl methyl sites for hydroxylation is 2. The highest BCUT2D eigenvalue weighted by atomic mass is 32.2. The van der Waals surface area contributed by atoms with Crippen molar-refractivity contribution >= 4 is 32.8 Å². The number of rotatable bonds is 9. The fourth-order valence-corrected chi connectivity index (χ4v) is 4.51. The highest BCUT2D eigenvalue weighted by Gasteiger charge is 2.22. The summed E-state index contributed by atoms with van der Waals surface area (Å²) in [4.78, 5) is 10.8. The SMILES string of the molecule is COc1ccc(/C(C)=N\Nc2ccc(S(=O)(=O)Nc3ccc(C)cc3C)cc2[N+](=O)[O-])c(OC)c1. The quantitative estimate of drug-likeness (QED) is 0.244. The van der Waals surface area contributed by atoms with Gasteiger partial charge in [-0.3, -0.25) is 20.3 Å². The van der Waals surface area contributed by atoms with Gasteiger partial charge in [-0.2, -0.15) is 5.10 Å². The Balaban J connectivity index is 1.90. The number of methoxy groups -OCH3 is 2. The first kappa shape index (κ1) is 25.5. The molecule has 2 N–H and O–H groups in total. The van der Waals surface area contributed by atoms with Gasteiger partial charge in [-0.1, -0.05) is 17.7 Å². The van der Waals surface area contributed by atoms with Crippen LogP contribution < -0.4 is 19.6 Å². The number of sulfonamides is 1. The highest BCUT2D eigenvalue weighted by Crippen LogP contribution is 2.30. The third-order valence-electron chi connectivity index (χ3n) is 5.24. The number of benzene rings is 3. The van der Waals surface area contributed by atoms with E-state index >= 15 is 0 Å². The molecule has 0 aliphatic carbocycles. The third-order valence-corrected chi connectivity index (χ3v) is 6.61. The number of hydrazone groups is 1. The van der Waals surface area contributed by atoms with Gasteiger partial charge in [0.15, 0.2) is 0 Å². The van der Waals surface area contributed by atoms with Crippen LogP contribution in [-0.2, 0) is 10.0 Å². The summed E-state index contributed by atoms with van der Waals surface area (Å²) in [6, 6.07) is 14.0. The van der Waals surface area contributed by atoms with Crippen LogP contribution in [0.5, 0.6) is 11.5 Å². The Bertz CT molecular complexity index is 1400. The Kier molecular flexibility index (Phi) is 7.60. The molecule has 0 spiro atoms. The molecule has 10 nitrogen and oxygen atoms in total. The number of anilines is 2. The molecule has 0 fully saturated rings. The van der Waals surface area contributed by atoms with E-state index in [1.807, 2.05) is 13.0 Å². The molecule has 0 bridgehead atoms. The zero-order valence-electron chi connectivity index (χ0n) is 19.9. The van der Waals surface area contributed by atoms with Crippen molar-refractivity contribution in [2.45, 2.75) is 25.7 Å². The maximum absolute atomic E-state index is 12.9. The van der Waals surface area contributed by atoms with Crippen molar-refractivity contribution < 1.29 is 22.8 Å². The van der Waals surface area contributed by atoms with Gasteiger partial charge in [-0.15, -0.1) is 0 Å². The number of hydrogen-bond acceptors (Lipinski definition) is 8. The molecule has 0 atom stereocenters. The van der Waals surface area contributed by atoms with E-state index in [2.05, 4.69) is 15.2 Å². The zero-order chi connectivity index (χ0) is 25.8. The van der Waals surface area contributed by atoms with E-state index in [1.54, 1.807) is 44.2 Å². The number of nitro groups is 1. The fraction of sp³-hybridized carbons (Fsp3) is 0.208. The smallest absolute Gasteiger partial charge is 0.295 e. The van der Waals surface area contributed by atoms with Crippen molar-refractivity contribution in [2.75, 3.05) is 24.4 Å². The van der Waals surface area contributed by atoms with Gasteiger partial charge in [0.2, 0.25) is 0 Å². The summed E-state index contributed by atoms with van der Waals surface area (Å²) in [7, 11) is -1.01. The molecule has 11 heteroatoms. The first-order valence-corrected chi connectivity index (χ1v) is 11.9. The Morgan fingerprint density at radius 2 is 1.69 bits per heavy atom. The van der Waals surface area contributed by atoms with Crippen molar-refractivity contribution in [1.29, 1.82) is 0 Å². The molecule has 3 aromatic carbocycles. The molecule has 3 aromatic rings. The summed E-state index contributed by atoms with van der Waals surface area (Å²) < 4.78 is 38.8. The van der Waals surface area contributed by atoms with E-state index in [9.17, 15) is 18.5 Å². The van der Waals surface area contributed by atoms with Crippen molar-refractivity contribution in [3.05, 3.63) is 81.4 Å². The predicted molar refractivity (Wildman–Crippen MR) is 135 cm³/mol.